The number of halogens is 2. The van der Waals surface area contributed by atoms with Gasteiger partial charge in [0, 0.05) is 30.0 Å². The number of nitrogens with zero attached hydrogens (tertiary/aromatic N) is 1. The van der Waals surface area contributed by atoms with Crippen LogP contribution < -0.4 is 10.2 Å². The number of ether oxygens (including phenoxy) is 1. The third-order valence-electron chi connectivity index (χ3n) is 7.18. The van der Waals surface area contributed by atoms with Crippen LogP contribution in [0.15, 0.2) is 36.4 Å². The van der Waals surface area contributed by atoms with Crippen LogP contribution in [-0.2, 0) is 26.0 Å². The molecule has 5 rings (SSSR count). The molecule has 34 heavy (non-hydrogen) atoms. The van der Waals surface area contributed by atoms with Gasteiger partial charge in [-0.1, -0.05) is 29.7 Å². The highest BCUT2D eigenvalue weighted by Gasteiger charge is 2.61. The number of amides is 1. The number of rotatable bonds is 6. The Hall–Kier alpha value is -2.30. The number of carbonyl (C=O) groups excluding carboxylic acids is 1. The maximum Gasteiger partial charge on any atom is 0.252 e. The van der Waals surface area contributed by atoms with E-state index in [0.717, 1.165) is 31.2 Å². The first-order valence-corrected chi connectivity index (χ1v) is 13.2. The fraction of sp³-hybridized carbons (Fsp3) is 0.458. The van der Waals surface area contributed by atoms with E-state index in [-0.39, 0.29) is 23.5 Å². The van der Waals surface area contributed by atoms with E-state index in [1.54, 1.807) is 29.2 Å². The van der Waals surface area contributed by atoms with Gasteiger partial charge < -0.3 is 9.64 Å². The van der Waals surface area contributed by atoms with Gasteiger partial charge in [-0.3, -0.25) is 4.79 Å². The van der Waals surface area contributed by atoms with Gasteiger partial charge in [-0.15, -0.1) is 0 Å². The van der Waals surface area contributed by atoms with Crippen LogP contribution in [0, 0.1) is 17.0 Å². The molecule has 1 saturated carbocycles. The van der Waals surface area contributed by atoms with Crippen LogP contribution in [0.5, 0.6) is 0 Å². The van der Waals surface area contributed by atoms with Crippen molar-refractivity contribution in [3.05, 3.63) is 53.6 Å². The minimum Gasteiger partial charge on any atom is -0.368 e. The molecule has 1 spiro atoms. The number of carbonyl (C=O) groups is 1. The summed E-state index contributed by atoms with van der Waals surface area (Å²) in [5, 5.41) is 0. The van der Waals surface area contributed by atoms with E-state index < -0.39 is 45.3 Å². The number of sulfonamides is 1. The molecular weight excluding hydrogens is 461 g/mol. The molecule has 1 amide bonds. The summed E-state index contributed by atoms with van der Waals surface area (Å²) in [6.45, 7) is 0.861. The Bertz CT molecular complexity index is 1230. The first-order valence-electron chi connectivity index (χ1n) is 11.3. The number of likely N-dealkylation sites (tertiary alicyclic amines) is 1. The monoisotopic (exact) mass is 486 g/mol. The van der Waals surface area contributed by atoms with E-state index in [1.165, 1.54) is 0 Å². The zero-order valence-electron chi connectivity index (χ0n) is 18.8. The van der Waals surface area contributed by atoms with Crippen molar-refractivity contribution in [2.24, 2.45) is 5.41 Å². The van der Waals surface area contributed by atoms with Crippen molar-refractivity contribution in [3.63, 3.8) is 0 Å². The second-order valence-corrected chi connectivity index (χ2v) is 11.4. The number of hydrogen-bond acceptors (Lipinski definition) is 4. The van der Waals surface area contributed by atoms with Crippen LogP contribution in [0.2, 0.25) is 0 Å². The number of benzene rings is 2. The molecule has 6 nitrogen and oxygen atoms in total. The Morgan fingerprint density at radius 3 is 2.47 bits per heavy atom. The van der Waals surface area contributed by atoms with Gasteiger partial charge in [0.2, 0.25) is 10.0 Å². The Balaban J connectivity index is 1.53. The Kier molecular flexibility index (Phi) is 5.81. The third kappa shape index (κ3) is 4.39. The minimum absolute atomic E-state index is 0.0288. The SMILES string of the molecule is [B]c1ccc(-c2cc(F)cc(C[C@H]3[C@@H](NS(C)(=O)=O)C4(CC4)CN3C(=O)[C@H]3CCO3)c2F)cc1. The molecule has 2 heterocycles. The number of hydrogen-bond donors (Lipinski definition) is 1. The molecule has 1 N–H and O–H groups in total. The Labute approximate surface area is 199 Å². The van der Waals surface area contributed by atoms with E-state index in [1.807, 2.05) is 0 Å². The normalized spacial score (nSPS) is 25.4. The van der Waals surface area contributed by atoms with E-state index in [4.69, 9.17) is 12.6 Å². The van der Waals surface area contributed by atoms with Gasteiger partial charge in [0.15, 0.2) is 0 Å². The summed E-state index contributed by atoms with van der Waals surface area (Å²) in [7, 11) is 2.12. The summed E-state index contributed by atoms with van der Waals surface area (Å²) < 4.78 is 62.7. The largest absolute Gasteiger partial charge is 0.368 e. The summed E-state index contributed by atoms with van der Waals surface area (Å²) in [5.74, 6) is -1.45. The van der Waals surface area contributed by atoms with Crippen LogP contribution in [0.4, 0.5) is 8.78 Å². The predicted molar refractivity (Wildman–Crippen MR) is 124 cm³/mol. The summed E-state index contributed by atoms with van der Waals surface area (Å²) in [4.78, 5) is 14.8. The highest BCUT2D eigenvalue weighted by Crippen LogP contribution is 2.56. The highest BCUT2D eigenvalue weighted by molar-refractivity contribution is 7.88. The smallest absolute Gasteiger partial charge is 0.252 e. The van der Waals surface area contributed by atoms with Gasteiger partial charge in [-0.05, 0) is 42.5 Å². The van der Waals surface area contributed by atoms with Crippen LogP contribution >= 0.6 is 0 Å². The Morgan fingerprint density at radius 1 is 1.24 bits per heavy atom. The number of nitrogens with one attached hydrogen (secondary N) is 1. The highest BCUT2D eigenvalue weighted by atomic mass is 32.2. The van der Waals surface area contributed by atoms with E-state index in [0.29, 0.717) is 30.6 Å². The van der Waals surface area contributed by atoms with Gasteiger partial charge in [0.1, 0.15) is 25.6 Å². The molecule has 0 aromatic heterocycles. The zero-order valence-corrected chi connectivity index (χ0v) is 19.6. The maximum absolute atomic E-state index is 15.7. The zero-order chi connectivity index (χ0) is 24.3. The van der Waals surface area contributed by atoms with Crippen molar-refractivity contribution in [3.8, 4) is 11.1 Å². The molecule has 2 aromatic carbocycles. The molecule has 1 aliphatic carbocycles. The van der Waals surface area contributed by atoms with Crippen LogP contribution in [0.3, 0.4) is 0 Å². The average Bonchev–Trinajstić information content (AvgIpc) is 3.44. The molecule has 10 heteroatoms. The van der Waals surface area contributed by atoms with E-state index >= 15 is 4.39 Å². The molecule has 2 aromatic rings. The first-order chi connectivity index (χ1) is 16.1. The van der Waals surface area contributed by atoms with Gasteiger partial charge >= 0.3 is 0 Å². The lowest BCUT2D eigenvalue weighted by molar-refractivity contribution is -0.157. The standard InChI is InChI=1S/C24H25BF2N2O4S/c1-34(31,32)28-22-19(29(13-24(22)7-8-24)23(30)20-6-9-33-20)11-15-10-17(26)12-18(21(15)27)14-2-4-16(25)5-3-14/h2-5,10,12,19-20,22,28H,6-9,11,13H2,1H3/t19-,20+,22+/m0/s1. The van der Waals surface area contributed by atoms with E-state index in [9.17, 15) is 17.6 Å². The van der Waals surface area contributed by atoms with Crippen molar-refractivity contribution < 1.29 is 26.7 Å². The second kappa shape index (κ2) is 8.43. The molecule has 3 aliphatic rings. The quantitative estimate of drug-likeness (QED) is 0.631. The third-order valence-corrected chi connectivity index (χ3v) is 7.87. The molecule has 0 unspecified atom stereocenters. The molecule has 3 atom stereocenters. The fourth-order valence-electron chi connectivity index (χ4n) is 5.18. The van der Waals surface area contributed by atoms with Crippen molar-refractivity contribution in [1.82, 2.24) is 9.62 Å². The van der Waals surface area contributed by atoms with Crippen LogP contribution in [-0.4, -0.2) is 64.7 Å². The molecule has 2 radical (unpaired) electrons. The minimum atomic E-state index is -3.60. The fourth-order valence-corrected chi connectivity index (χ4v) is 6.05. The van der Waals surface area contributed by atoms with Gasteiger partial charge in [-0.25, -0.2) is 21.9 Å². The molecular formula is C24H25BF2N2O4S. The predicted octanol–water partition coefficient (Wildman–Crippen LogP) is 1.67. The Morgan fingerprint density at radius 2 is 1.91 bits per heavy atom. The van der Waals surface area contributed by atoms with Crippen molar-refractivity contribution in [2.75, 3.05) is 19.4 Å². The van der Waals surface area contributed by atoms with Gasteiger partial charge in [0.25, 0.3) is 5.91 Å². The van der Waals surface area contributed by atoms with Gasteiger partial charge in [-0.2, -0.15) is 0 Å². The average molecular weight is 486 g/mol. The molecule has 0 bridgehead atoms. The van der Waals surface area contributed by atoms with Crippen LogP contribution in [0.25, 0.3) is 11.1 Å². The lowest BCUT2D eigenvalue weighted by Gasteiger charge is -2.34. The molecule has 178 valence electrons. The molecule has 3 fully saturated rings. The topological polar surface area (TPSA) is 75.7 Å². The van der Waals surface area contributed by atoms with Crippen molar-refractivity contribution >= 4 is 29.2 Å². The summed E-state index contributed by atoms with van der Waals surface area (Å²) in [5.41, 5.74) is 0.753. The van der Waals surface area contributed by atoms with E-state index in [2.05, 4.69) is 4.72 Å². The second-order valence-electron chi connectivity index (χ2n) is 9.66. The first kappa shape index (κ1) is 23.4. The summed E-state index contributed by atoms with van der Waals surface area (Å²) in [6, 6.07) is 7.44. The summed E-state index contributed by atoms with van der Waals surface area (Å²) >= 11 is 0. The molecule has 2 saturated heterocycles. The maximum atomic E-state index is 15.7. The van der Waals surface area contributed by atoms with Crippen molar-refractivity contribution in [1.29, 1.82) is 0 Å². The summed E-state index contributed by atoms with van der Waals surface area (Å²) in [6.07, 6.45) is 2.58. The van der Waals surface area contributed by atoms with Gasteiger partial charge in [0.05, 0.1) is 18.9 Å². The lowest BCUT2D eigenvalue weighted by atomic mass is 9.90. The lowest BCUT2D eigenvalue weighted by Crippen LogP contribution is -2.53. The molecule has 2 aliphatic heterocycles. The van der Waals surface area contributed by atoms with Crippen LogP contribution in [0.1, 0.15) is 24.8 Å². The van der Waals surface area contributed by atoms with Crippen molar-refractivity contribution in [2.45, 2.75) is 43.9 Å².